The fourth-order valence-electron chi connectivity index (χ4n) is 5.10. The van der Waals surface area contributed by atoms with Crippen molar-refractivity contribution in [3.63, 3.8) is 0 Å². The zero-order chi connectivity index (χ0) is 27.6. The first kappa shape index (κ1) is 27.2. The van der Waals surface area contributed by atoms with Gasteiger partial charge in [-0.15, -0.1) is 0 Å². The lowest BCUT2D eigenvalue weighted by Crippen LogP contribution is -2.51. The molecule has 0 radical (unpaired) electrons. The number of aryl methyl sites for hydroxylation is 1. The summed E-state index contributed by atoms with van der Waals surface area (Å²) in [6, 6.07) is 8.52. The maximum Gasteiger partial charge on any atom is 0.410 e. The van der Waals surface area contributed by atoms with Crippen LogP contribution in [0.4, 0.5) is 32.5 Å². The van der Waals surface area contributed by atoms with Crippen molar-refractivity contribution in [1.29, 1.82) is 0 Å². The van der Waals surface area contributed by atoms with E-state index in [1.165, 1.54) is 11.3 Å². The van der Waals surface area contributed by atoms with E-state index in [-0.39, 0.29) is 11.9 Å². The highest BCUT2D eigenvalue weighted by Crippen LogP contribution is 2.31. The summed E-state index contributed by atoms with van der Waals surface area (Å²) in [5.41, 5.74) is 1.87. The van der Waals surface area contributed by atoms with E-state index in [2.05, 4.69) is 36.1 Å². The summed E-state index contributed by atoms with van der Waals surface area (Å²) in [7, 11) is 0. The van der Waals surface area contributed by atoms with Gasteiger partial charge in [-0.05, 0) is 39.8 Å². The van der Waals surface area contributed by atoms with Crippen LogP contribution in [0, 0.1) is 12.7 Å². The molecule has 4 heterocycles. The Morgan fingerprint density at radius 3 is 1.87 bits per heavy atom. The van der Waals surface area contributed by atoms with Gasteiger partial charge in [-0.3, -0.25) is 0 Å². The van der Waals surface area contributed by atoms with E-state index in [9.17, 15) is 4.79 Å². The van der Waals surface area contributed by atoms with E-state index in [1.54, 1.807) is 4.90 Å². The van der Waals surface area contributed by atoms with Crippen molar-refractivity contribution in [2.45, 2.75) is 33.3 Å². The molecule has 212 valence electrons. The molecule has 5 rings (SSSR count). The predicted molar refractivity (Wildman–Crippen MR) is 151 cm³/mol. The number of aromatic nitrogens is 2. The molecular weight excluding hydrogens is 501 g/mol. The van der Waals surface area contributed by atoms with E-state index < -0.39 is 5.60 Å². The molecule has 1 aromatic heterocycles. The molecule has 10 nitrogen and oxygen atoms in total. The molecule has 39 heavy (non-hydrogen) atoms. The zero-order valence-corrected chi connectivity index (χ0v) is 23.5. The lowest BCUT2D eigenvalue weighted by molar-refractivity contribution is 0.0240. The summed E-state index contributed by atoms with van der Waals surface area (Å²) in [5.74, 6) is 0.794. The predicted octanol–water partition coefficient (Wildman–Crippen LogP) is 3.14. The number of morpholine rings is 1. The number of hydrogen-bond donors (Lipinski definition) is 0. The Balaban J connectivity index is 1.34. The van der Waals surface area contributed by atoms with Crippen LogP contribution in [0.2, 0.25) is 0 Å². The molecule has 3 saturated heterocycles. The number of carbonyl (C=O) groups excluding carboxylic acids is 1. The van der Waals surface area contributed by atoms with E-state index >= 15 is 4.39 Å². The van der Waals surface area contributed by atoms with Gasteiger partial charge in [0.15, 0.2) is 11.6 Å². The number of halogens is 1. The molecular formula is C28H40FN7O3. The van der Waals surface area contributed by atoms with Gasteiger partial charge in [-0.1, -0.05) is 17.7 Å². The number of piperazine rings is 2. The molecule has 0 spiro atoms. The average molecular weight is 542 g/mol. The fourth-order valence-corrected chi connectivity index (χ4v) is 5.10. The Morgan fingerprint density at radius 1 is 0.795 bits per heavy atom. The van der Waals surface area contributed by atoms with Crippen molar-refractivity contribution in [2.75, 3.05) is 98.3 Å². The first-order chi connectivity index (χ1) is 18.7. The molecule has 3 fully saturated rings. The van der Waals surface area contributed by atoms with Crippen LogP contribution in [0.25, 0.3) is 0 Å². The van der Waals surface area contributed by atoms with E-state index in [4.69, 9.17) is 19.4 Å². The molecule has 0 N–H and O–H groups in total. The molecule has 0 bridgehead atoms. The maximum absolute atomic E-state index is 16.0. The number of carbonyl (C=O) groups is 1. The average Bonchev–Trinajstić information content (AvgIpc) is 2.93. The van der Waals surface area contributed by atoms with E-state index in [0.717, 1.165) is 13.1 Å². The molecule has 0 unspecified atom stereocenters. The van der Waals surface area contributed by atoms with Gasteiger partial charge in [0.1, 0.15) is 5.60 Å². The number of ether oxygens (including phenoxy) is 2. The quantitative estimate of drug-likeness (QED) is 0.580. The first-order valence-electron chi connectivity index (χ1n) is 13.9. The lowest BCUT2D eigenvalue weighted by Gasteiger charge is -2.39. The standard InChI is InChI=1S/C28H40FN7O3/c1-21-5-7-22(8-6-21)32-9-11-33(12-10-32)24-23(29)25(34-17-19-38-20-18-34)31-26(30-24)35-13-15-36(16-14-35)27(37)39-28(2,3)4/h5-8H,9-20H2,1-4H3. The molecule has 1 amide bonds. The number of benzene rings is 1. The molecule has 11 heteroatoms. The van der Waals surface area contributed by atoms with Gasteiger partial charge in [-0.25, -0.2) is 4.79 Å². The summed E-state index contributed by atoms with van der Waals surface area (Å²) in [6.07, 6.45) is -0.316. The van der Waals surface area contributed by atoms with Gasteiger partial charge in [0.05, 0.1) is 13.2 Å². The molecule has 1 aromatic carbocycles. The largest absolute Gasteiger partial charge is 0.444 e. The van der Waals surface area contributed by atoms with E-state index in [1.807, 2.05) is 35.5 Å². The van der Waals surface area contributed by atoms with Crippen LogP contribution in [0.3, 0.4) is 0 Å². The van der Waals surface area contributed by atoms with Gasteiger partial charge < -0.3 is 34.0 Å². The minimum absolute atomic E-state index is 0.316. The third-order valence-electron chi connectivity index (χ3n) is 7.31. The fraction of sp³-hybridized carbons (Fsp3) is 0.607. The molecule has 0 saturated carbocycles. The van der Waals surface area contributed by atoms with Crippen molar-refractivity contribution in [3.8, 4) is 0 Å². The molecule has 3 aliphatic heterocycles. The van der Waals surface area contributed by atoms with Crippen LogP contribution in [0.5, 0.6) is 0 Å². The molecule has 3 aliphatic rings. The van der Waals surface area contributed by atoms with Crippen molar-refractivity contribution in [2.24, 2.45) is 0 Å². The van der Waals surface area contributed by atoms with Crippen molar-refractivity contribution in [3.05, 3.63) is 35.6 Å². The summed E-state index contributed by atoms with van der Waals surface area (Å²) >= 11 is 0. The van der Waals surface area contributed by atoms with Crippen LogP contribution >= 0.6 is 0 Å². The number of rotatable bonds is 4. The van der Waals surface area contributed by atoms with Gasteiger partial charge >= 0.3 is 6.09 Å². The zero-order valence-electron chi connectivity index (χ0n) is 23.5. The van der Waals surface area contributed by atoms with Gasteiger partial charge in [0, 0.05) is 71.1 Å². The molecule has 2 aromatic rings. The molecule has 0 aliphatic carbocycles. The minimum atomic E-state index is -0.542. The SMILES string of the molecule is Cc1ccc(N2CCN(c3nc(N4CCN(C(=O)OC(C)(C)C)CC4)nc(N4CCOCC4)c3F)CC2)cc1. The second kappa shape index (κ2) is 11.4. The summed E-state index contributed by atoms with van der Waals surface area (Å²) in [6.45, 7) is 14.9. The van der Waals surface area contributed by atoms with Crippen LogP contribution in [0.1, 0.15) is 26.3 Å². The first-order valence-corrected chi connectivity index (χ1v) is 13.9. The summed E-state index contributed by atoms with van der Waals surface area (Å²) in [5, 5.41) is 0. The Hall–Kier alpha value is -3.34. The molecule has 0 atom stereocenters. The number of nitrogens with zero attached hydrogens (tertiary/aromatic N) is 7. The van der Waals surface area contributed by atoms with Crippen LogP contribution < -0.4 is 19.6 Å². The van der Waals surface area contributed by atoms with Crippen LogP contribution in [-0.4, -0.2) is 105 Å². The highest BCUT2D eigenvalue weighted by atomic mass is 19.1. The third kappa shape index (κ3) is 6.46. The van der Waals surface area contributed by atoms with Crippen molar-refractivity contribution >= 4 is 29.4 Å². The third-order valence-corrected chi connectivity index (χ3v) is 7.31. The Bertz CT molecular complexity index is 1140. The van der Waals surface area contributed by atoms with Gasteiger partial charge in [-0.2, -0.15) is 14.4 Å². The smallest absolute Gasteiger partial charge is 0.410 e. The van der Waals surface area contributed by atoms with Crippen molar-refractivity contribution in [1.82, 2.24) is 14.9 Å². The van der Waals surface area contributed by atoms with E-state index in [0.29, 0.717) is 83.2 Å². The number of anilines is 4. The second-order valence-corrected chi connectivity index (χ2v) is 11.3. The Kier molecular flexibility index (Phi) is 7.97. The Morgan fingerprint density at radius 2 is 1.31 bits per heavy atom. The summed E-state index contributed by atoms with van der Waals surface area (Å²) < 4.78 is 27.1. The topological polar surface area (TPSA) is 77.5 Å². The van der Waals surface area contributed by atoms with Gasteiger partial charge in [0.25, 0.3) is 0 Å². The maximum atomic E-state index is 16.0. The normalized spacial score (nSPS) is 18.9. The number of amides is 1. The van der Waals surface area contributed by atoms with Crippen LogP contribution in [-0.2, 0) is 9.47 Å². The van der Waals surface area contributed by atoms with Gasteiger partial charge in [0.2, 0.25) is 11.8 Å². The van der Waals surface area contributed by atoms with Crippen LogP contribution in [0.15, 0.2) is 24.3 Å². The highest BCUT2D eigenvalue weighted by Gasteiger charge is 2.31. The second-order valence-electron chi connectivity index (χ2n) is 11.3. The lowest BCUT2D eigenvalue weighted by atomic mass is 10.2. The monoisotopic (exact) mass is 541 g/mol. The Labute approximate surface area is 230 Å². The highest BCUT2D eigenvalue weighted by molar-refractivity contribution is 5.68. The minimum Gasteiger partial charge on any atom is -0.444 e. The van der Waals surface area contributed by atoms with Crippen molar-refractivity contribution < 1.29 is 18.7 Å². The summed E-state index contributed by atoms with van der Waals surface area (Å²) in [4.78, 5) is 32.1. The number of hydrogen-bond acceptors (Lipinski definition) is 9.